The van der Waals surface area contributed by atoms with Gasteiger partial charge in [-0.15, -0.1) is 0 Å². The zero-order valence-corrected chi connectivity index (χ0v) is 25.3. The number of nitrogens with zero attached hydrogens (tertiary/aromatic N) is 2. The Morgan fingerprint density at radius 2 is 1.40 bits per heavy atom. The van der Waals surface area contributed by atoms with Gasteiger partial charge in [0, 0.05) is 20.0 Å². The van der Waals surface area contributed by atoms with E-state index in [1.165, 1.54) is 21.3 Å². The molecule has 4 aromatic carbocycles. The Labute approximate surface area is 248 Å². The maximum Gasteiger partial charge on any atom is 0.264 e. The van der Waals surface area contributed by atoms with Crippen molar-refractivity contribution in [2.45, 2.75) is 44.7 Å². The maximum atomic E-state index is 14.4. The Morgan fingerprint density at radius 1 is 0.786 bits per heavy atom. The number of anilines is 1. The topological polar surface area (TPSA) is 86.8 Å². The summed E-state index contributed by atoms with van der Waals surface area (Å²) < 4.78 is 29.4. The molecule has 2 amide bonds. The van der Waals surface area contributed by atoms with Gasteiger partial charge >= 0.3 is 0 Å². The molecular formula is C34H37N3O4S. The van der Waals surface area contributed by atoms with Gasteiger partial charge in [0.1, 0.15) is 12.6 Å². The van der Waals surface area contributed by atoms with Crippen molar-refractivity contribution in [3.05, 3.63) is 131 Å². The van der Waals surface area contributed by atoms with Crippen molar-refractivity contribution in [1.82, 2.24) is 10.2 Å². The lowest BCUT2D eigenvalue weighted by molar-refractivity contribution is -0.139. The first kappa shape index (κ1) is 30.5. The lowest BCUT2D eigenvalue weighted by atomic mass is 10.0. The van der Waals surface area contributed by atoms with Crippen molar-refractivity contribution in [3.8, 4) is 0 Å². The first-order valence-electron chi connectivity index (χ1n) is 13.9. The number of aryl methyl sites for hydroxylation is 3. The highest BCUT2D eigenvalue weighted by molar-refractivity contribution is 7.92. The summed E-state index contributed by atoms with van der Waals surface area (Å²) in [6.07, 6.45) is 0.271. The van der Waals surface area contributed by atoms with Crippen molar-refractivity contribution in [1.29, 1.82) is 0 Å². The van der Waals surface area contributed by atoms with E-state index in [1.807, 2.05) is 87.5 Å². The number of benzene rings is 4. The SMILES string of the molecule is CNC(=O)C(Cc1ccccc1)N(Cc1ccccc1C)C(=O)CN(c1cc(C)ccc1C)S(=O)(=O)c1ccccc1. The molecule has 42 heavy (non-hydrogen) atoms. The molecule has 0 aliphatic rings. The van der Waals surface area contributed by atoms with Gasteiger partial charge in [0.15, 0.2) is 0 Å². The van der Waals surface area contributed by atoms with Crippen molar-refractivity contribution in [2.24, 2.45) is 0 Å². The van der Waals surface area contributed by atoms with E-state index in [9.17, 15) is 18.0 Å². The van der Waals surface area contributed by atoms with E-state index in [0.717, 1.165) is 22.3 Å². The van der Waals surface area contributed by atoms with Crippen LogP contribution in [-0.2, 0) is 32.6 Å². The molecule has 218 valence electrons. The van der Waals surface area contributed by atoms with E-state index in [1.54, 1.807) is 31.3 Å². The fraction of sp³-hybridized carbons (Fsp3) is 0.235. The Kier molecular flexibility index (Phi) is 9.80. The normalized spacial score (nSPS) is 11.9. The van der Waals surface area contributed by atoms with E-state index in [2.05, 4.69) is 5.32 Å². The summed E-state index contributed by atoms with van der Waals surface area (Å²) in [6.45, 7) is 5.31. The minimum atomic E-state index is -4.13. The van der Waals surface area contributed by atoms with Crippen LogP contribution >= 0.6 is 0 Å². The molecule has 1 unspecified atom stereocenters. The first-order valence-corrected chi connectivity index (χ1v) is 15.3. The number of carbonyl (C=O) groups excluding carboxylic acids is 2. The molecule has 8 heteroatoms. The molecule has 0 aliphatic carbocycles. The molecule has 0 fully saturated rings. The summed E-state index contributed by atoms with van der Waals surface area (Å²) in [5.41, 5.74) is 4.72. The van der Waals surface area contributed by atoms with Crippen LogP contribution in [0.4, 0.5) is 5.69 Å². The Bertz CT molecular complexity index is 1640. The molecule has 4 aromatic rings. The fourth-order valence-electron chi connectivity index (χ4n) is 4.91. The predicted molar refractivity (Wildman–Crippen MR) is 167 cm³/mol. The van der Waals surface area contributed by atoms with Gasteiger partial charge in [-0.05, 0) is 66.8 Å². The van der Waals surface area contributed by atoms with Crippen molar-refractivity contribution in [2.75, 3.05) is 17.9 Å². The molecule has 0 spiro atoms. The number of amides is 2. The Balaban J connectivity index is 1.82. The van der Waals surface area contributed by atoms with Gasteiger partial charge in [-0.25, -0.2) is 8.42 Å². The van der Waals surface area contributed by atoms with Crippen molar-refractivity contribution >= 4 is 27.5 Å². The lowest BCUT2D eigenvalue weighted by Gasteiger charge is -2.34. The molecule has 0 saturated carbocycles. The van der Waals surface area contributed by atoms with Crippen LogP contribution in [0.1, 0.15) is 27.8 Å². The summed E-state index contributed by atoms with van der Waals surface area (Å²) in [5, 5.41) is 2.71. The summed E-state index contributed by atoms with van der Waals surface area (Å²) >= 11 is 0. The molecular weight excluding hydrogens is 546 g/mol. The molecule has 1 atom stereocenters. The average Bonchev–Trinajstić information content (AvgIpc) is 3.00. The van der Waals surface area contributed by atoms with Crippen LogP contribution in [0, 0.1) is 20.8 Å². The van der Waals surface area contributed by atoms with E-state index >= 15 is 0 Å². The highest BCUT2D eigenvalue weighted by atomic mass is 32.2. The molecule has 0 radical (unpaired) electrons. The molecule has 0 bridgehead atoms. The Morgan fingerprint density at radius 3 is 2.05 bits per heavy atom. The van der Waals surface area contributed by atoms with Gasteiger partial charge < -0.3 is 10.2 Å². The highest BCUT2D eigenvalue weighted by Crippen LogP contribution is 2.29. The number of likely N-dealkylation sites (N-methyl/N-ethyl adjacent to an activating group) is 1. The number of nitrogens with one attached hydrogen (secondary N) is 1. The van der Waals surface area contributed by atoms with Crippen LogP contribution in [0.25, 0.3) is 0 Å². The smallest absolute Gasteiger partial charge is 0.264 e. The third-order valence-electron chi connectivity index (χ3n) is 7.36. The average molecular weight is 584 g/mol. The minimum absolute atomic E-state index is 0.0799. The van der Waals surface area contributed by atoms with Crippen LogP contribution in [-0.4, -0.2) is 44.8 Å². The van der Waals surface area contributed by atoms with Crippen LogP contribution in [0.3, 0.4) is 0 Å². The van der Waals surface area contributed by atoms with E-state index in [0.29, 0.717) is 11.3 Å². The van der Waals surface area contributed by atoms with Gasteiger partial charge in [0.25, 0.3) is 10.0 Å². The molecule has 0 heterocycles. The number of hydrogen-bond acceptors (Lipinski definition) is 4. The van der Waals surface area contributed by atoms with Gasteiger partial charge in [-0.1, -0.05) is 84.9 Å². The number of rotatable bonds is 11. The number of sulfonamides is 1. The van der Waals surface area contributed by atoms with Gasteiger partial charge in [0.2, 0.25) is 11.8 Å². The third kappa shape index (κ3) is 7.06. The van der Waals surface area contributed by atoms with Crippen LogP contribution in [0.5, 0.6) is 0 Å². The number of hydrogen-bond donors (Lipinski definition) is 1. The minimum Gasteiger partial charge on any atom is -0.357 e. The monoisotopic (exact) mass is 583 g/mol. The maximum absolute atomic E-state index is 14.4. The predicted octanol–water partition coefficient (Wildman–Crippen LogP) is 5.19. The molecule has 1 N–H and O–H groups in total. The van der Waals surface area contributed by atoms with Crippen molar-refractivity contribution < 1.29 is 18.0 Å². The Hall–Kier alpha value is -4.43. The largest absolute Gasteiger partial charge is 0.357 e. The molecule has 0 aliphatic heterocycles. The summed E-state index contributed by atoms with van der Waals surface area (Å²) in [6, 6.07) is 29.9. The summed E-state index contributed by atoms with van der Waals surface area (Å²) in [5.74, 6) is -0.812. The third-order valence-corrected chi connectivity index (χ3v) is 9.14. The fourth-order valence-corrected chi connectivity index (χ4v) is 6.40. The number of carbonyl (C=O) groups is 2. The zero-order chi connectivity index (χ0) is 30.3. The van der Waals surface area contributed by atoms with Crippen molar-refractivity contribution in [3.63, 3.8) is 0 Å². The summed E-state index contributed by atoms with van der Waals surface area (Å²) in [4.78, 5) is 29.4. The van der Waals surface area contributed by atoms with E-state index in [-0.39, 0.29) is 23.8 Å². The quantitative estimate of drug-likeness (QED) is 0.263. The van der Waals surface area contributed by atoms with Crippen LogP contribution < -0.4 is 9.62 Å². The van der Waals surface area contributed by atoms with E-state index in [4.69, 9.17) is 0 Å². The molecule has 7 nitrogen and oxygen atoms in total. The second-order valence-corrected chi connectivity index (χ2v) is 12.2. The molecule has 0 saturated heterocycles. The van der Waals surface area contributed by atoms with Gasteiger partial charge in [-0.3, -0.25) is 13.9 Å². The van der Waals surface area contributed by atoms with Crippen LogP contribution in [0.2, 0.25) is 0 Å². The van der Waals surface area contributed by atoms with E-state index < -0.39 is 28.5 Å². The zero-order valence-electron chi connectivity index (χ0n) is 24.4. The first-order chi connectivity index (χ1) is 20.1. The standard InChI is InChI=1S/C34H37N3O4S/c1-25-19-20-27(3)31(21-25)37(42(40,41)30-17-9-6-10-18-30)24-33(38)36(23-29-16-12-11-13-26(29)2)32(34(39)35-4)22-28-14-7-5-8-15-28/h5-21,32H,22-24H2,1-4H3,(H,35,39). The lowest BCUT2D eigenvalue weighted by Crippen LogP contribution is -2.53. The molecule has 4 rings (SSSR count). The van der Waals surface area contributed by atoms with Gasteiger partial charge in [-0.2, -0.15) is 0 Å². The second-order valence-electron chi connectivity index (χ2n) is 10.4. The van der Waals surface area contributed by atoms with Crippen LogP contribution in [0.15, 0.2) is 108 Å². The highest BCUT2D eigenvalue weighted by Gasteiger charge is 2.35. The molecule has 0 aromatic heterocycles. The van der Waals surface area contributed by atoms with Gasteiger partial charge in [0.05, 0.1) is 10.6 Å². The summed E-state index contributed by atoms with van der Waals surface area (Å²) in [7, 11) is -2.59. The second kappa shape index (κ2) is 13.5.